The van der Waals surface area contributed by atoms with Crippen molar-refractivity contribution in [3.63, 3.8) is 0 Å². The van der Waals surface area contributed by atoms with Crippen LogP contribution in [0.25, 0.3) is 0 Å². The smallest absolute Gasteiger partial charge is 0.305 e. The van der Waals surface area contributed by atoms with Crippen LogP contribution in [0.15, 0.2) is 11.6 Å². The Morgan fingerprint density at radius 1 is 1.29 bits per heavy atom. The van der Waals surface area contributed by atoms with Crippen molar-refractivity contribution in [3.05, 3.63) is 11.6 Å². The topological polar surface area (TPSA) is 87.0 Å². The van der Waals surface area contributed by atoms with Crippen LogP contribution in [0.4, 0.5) is 0 Å². The Kier molecular flexibility index (Phi) is 5.21. The number of rotatable bonds is 3. The molecule has 0 bridgehead atoms. The zero-order valence-electron chi connectivity index (χ0n) is 17.0. The maximum Gasteiger partial charge on any atom is 0.305 e. The van der Waals surface area contributed by atoms with Crippen molar-refractivity contribution < 1.29 is 24.9 Å². The summed E-state index contributed by atoms with van der Waals surface area (Å²) in [5.41, 5.74) is 0.442. The zero-order valence-corrected chi connectivity index (χ0v) is 17.0. The van der Waals surface area contributed by atoms with Gasteiger partial charge in [0.2, 0.25) is 0 Å². The minimum absolute atomic E-state index is 0.00118. The van der Waals surface area contributed by atoms with Crippen LogP contribution < -0.4 is 0 Å². The second-order valence-corrected chi connectivity index (χ2v) is 9.89. The van der Waals surface area contributed by atoms with E-state index in [0.29, 0.717) is 19.3 Å². The van der Waals surface area contributed by atoms with Gasteiger partial charge in [0.25, 0.3) is 0 Å². The number of esters is 1. The fourth-order valence-electron chi connectivity index (χ4n) is 7.23. The Hall–Kier alpha value is -0.845. The Morgan fingerprint density at radius 2 is 2.04 bits per heavy atom. The van der Waals surface area contributed by atoms with Gasteiger partial charge in [0.1, 0.15) is 6.10 Å². The van der Waals surface area contributed by atoms with Gasteiger partial charge < -0.3 is 20.1 Å². The predicted octanol–water partition coefficient (Wildman–Crippen LogP) is 2.14. The highest BCUT2D eigenvalue weighted by molar-refractivity contribution is 6.12. The first-order chi connectivity index (χ1) is 13.3. The molecule has 0 amide bonds. The van der Waals surface area contributed by atoms with Gasteiger partial charge in [-0.1, -0.05) is 31.9 Å². The van der Waals surface area contributed by atoms with Gasteiger partial charge in [-0.25, -0.2) is 0 Å². The van der Waals surface area contributed by atoms with E-state index >= 15 is 0 Å². The number of aliphatic hydroxyl groups excluding tert-OH is 3. The molecule has 5 nitrogen and oxygen atoms in total. The van der Waals surface area contributed by atoms with Crippen LogP contribution in [0.5, 0.6) is 0 Å². The average Bonchev–Trinajstić information content (AvgIpc) is 2.92. The Morgan fingerprint density at radius 3 is 2.71 bits per heavy atom. The normalized spacial score (nSPS) is 50.2. The third-order valence-electron chi connectivity index (χ3n) is 8.66. The van der Waals surface area contributed by atoms with Crippen molar-refractivity contribution >= 4 is 13.8 Å². The standard InChI is InChI=1S/C22H33BO5/c1-3-18(27)28-20-16(23)10-15-19-14(5-6-21(15,20)2)22(11-24)7-4-13(25)8-12(22)9-17(19)26/h9,13-17,19-20,24-26H,3-8,10-11H2,1-2H3/t13-,14?,15?,16+,17-,19?,20-,21-,22+/m0/s1. The SMILES string of the molecule is [B][C@@H]1CC2C3C(CC[C@]2(C)[C@H]1OC(=O)CC)[C@@]1(CO)CC[C@H](O)CC1=C[C@@H]3O. The lowest BCUT2D eigenvalue weighted by Crippen LogP contribution is -2.57. The van der Waals surface area contributed by atoms with Crippen molar-refractivity contribution in [2.45, 2.75) is 82.9 Å². The highest BCUT2D eigenvalue weighted by Gasteiger charge is 2.63. The lowest BCUT2D eigenvalue weighted by atomic mass is 9.47. The molecule has 4 aliphatic rings. The summed E-state index contributed by atoms with van der Waals surface area (Å²) in [5.74, 6) is -0.116. The van der Waals surface area contributed by atoms with E-state index in [1.165, 1.54) is 0 Å². The van der Waals surface area contributed by atoms with Crippen molar-refractivity contribution in [1.29, 1.82) is 0 Å². The third-order valence-corrected chi connectivity index (χ3v) is 8.66. The summed E-state index contributed by atoms with van der Waals surface area (Å²) >= 11 is 0. The van der Waals surface area contributed by atoms with Crippen LogP contribution in [0.1, 0.15) is 58.8 Å². The summed E-state index contributed by atoms with van der Waals surface area (Å²) < 4.78 is 5.79. The Bertz CT molecular complexity index is 665. The van der Waals surface area contributed by atoms with Gasteiger partial charge >= 0.3 is 5.97 Å². The van der Waals surface area contributed by atoms with Crippen molar-refractivity contribution in [2.24, 2.45) is 28.6 Å². The maximum absolute atomic E-state index is 12.0. The van der Waals surface area contributed by atoms with Crippen LogP contribution in [-0.4, -0.2) is 54.1 Å². The molecular formula is C22H33BO5. The summed E-state index contributed by atoms with van der Waals surface area (Å²) in [4.78, 5) is 12.0. The Balaban J connectivity index is 1.69. The number of carbonyl (C=O) groups excluding carboxylic acids is 1. The lowest BCUT2D eigenvalue weighted by Gasteiger charge is -2.59. The molecule has 0 saturated heterocycles. The molecule has 3 saturated carbocycles. The maximum atomic E-state index is 12.0. The fraction of sp³-hybridized carbons (Fsp3) is 0.864. The van der Waals surface area contributed by atoms with Crippen LogP contribution in [0.2, 0.25) is 5.82 Å². The monoisotopic (exact) mass is 388 g/mol. The van der Waals surface area contributed by atoms with Crippen LogP contribution in [0, 0.1) is 28.6 Å². The number of ether oxygens (including phenoxy) is 1. The van der Waals surface area contributed by atoms with E-state index in [0.717, 1.165) is 31.3 Å². The minimum atomic E-state index is -0.609. The minimum Gasteiger partial charge on any atom is -0.462 e. The van der Waals surface area contributed by atoms with E-state index in [1.54, 1.807) is 6.92 Å². The molecule has 0 aromatic rings. The van der Waals surface area contributed by atoms with Crippen LogP contribution in [0.3, 0.4) is 0 Å². The largest absolute Gasteiger partial charge is 0.462 e. The first-order valence-corrected chi connectivity index (χ1v) is 10.9. The molecule has 3 unspecified atom stereocenters. The molecule has 0 heterocycles. The highest BCUT2D eigenvalue weighted by Crippen LogP contribution is 2.66. The first kappa shape index (κ1) is 20.4. The molecule has 28 heavy (non-hydrogen) atoms. The van der Waals surface area contributed by atoms with E-state index in [-0.39, 0.29) is 59.2 Å². The van der Waals surface area contributed by atoms with Gasteiger partial charge in [-0.3, -0.25) is 4.79 Å². The Labute approximate surface area is 168 Å². The molecule has 0 aromatic carbocycles. The second-order valence-electron chi connectivity index (χ2n) is 9.89. The lowest BCUT2D eigenvalue weighted by molar-refractivity contribution is -0.163. The van der Waals surface area contributed by atoms with E-state index < -0.39 is 6.10 Å². The molecule has 0 spiro atoms. The molecule has 0 aromatic heterocycles. The molecule has 3 N–H and O–H groups in total. The quantitative estimate of drug-likeness (QED) is 0.392. The van der Waals surface area contributed by atoms with Crippen LogP contribution >= 0.6 is 0 Å². The van der Waals surface area contributed by atoms with E-state index in [4.69, 9.17) is 12.6 Å². The molecule has 3 fully saturated rings. The highest BCUT2D eigenvalue weighted by atomic mass is 16.5. The summed E-state index contributed by atoms with van der Waals surface area (Å²) in [6, 6.07) is 0. The van der Waals surface area contributed by atoms with Crippen molar-refractivity contribution in [3.8, 4) is 0 Å². The second kappa shape index (κ2) is 7.14. The molecule has 2 radical (unpaired) electrons. The number of hydrogen-bond donors (Lipinski definition) is 3. The molecule has 4 rings (SSSR count). The molecule has 4 aliphatic carbocycles. The number of carbonyl (C=O) groups is 1. The van der Waals surface area contributed by atoms with Gasteiger partial charge in [0, 0.05) is 17.3 Å². The van der Waals surface area contributed by atoms with Gasteiger partial charge in [-0.15, -0.1) is 0 Å². The average molecular weight is 388 g/mol. The number of fused-ring (bicyclic) bond motifs is 5. The summed E-state index contributed by atoms with van der Waals surface area (Å²) in [7, 11) is 6.45. The summed E-state index contributed by atoms with van der Waals surface area (Å²) in [6.45, 7) is 4.01. The molecule has 154 valence electrons. The third kappa shape index (κ3) is 2.82. The number of hydrogen-bond acceptors (Lipinski definition) is 5. The number of aliphatic hydroxyl groups is 3. The van der Waals surface area contributed by atoms with Crippen molar-refractivity contribution in [2.75, 3.05) is 6.61 Å². The van der Waals surface area contributed by atoms with Gasteiger partial charge in [0.05, 0.1) is 26.7 Å². The van der Waals surface area contributed by atoms with Crippen molar-refractivity contribution in [1.82, 2.24) is 0 Å². The zero-order chi connectivity index (χ0) is 20.3. The van der Waals surface area contributed by atoms with E-state index in [9.17, 15) is 20.1 Å². The predicted molar refractivity (Wildman–Crippen MR) is 106 cm³/mol. The van der Waals surface area contributed by atoms with Gasteiger partial charge in [-0.2, -0.15) is 0 Å². The molecule has 0 aliphatic heterocycles. The van der Waals surface area contributed by atoms with E-state index in [2.05, 4.69) is 6.92 Å². The van der Waals surface area contributed by atoms with Gasteiger partial charge in [0.15, 0.2) is 0 Å². The summed E-state index contributed by atoms with van der Waals surface area (Å²) in [6.07, 6.45) is 5.38. The van der Waals surface area contributed by atoms with E-state index in [1.807, 2.05) is 6.08 Å². The molecule has 6 heteroatoms. The summed E-state index contributed by atoms with van der Waals surface area (Å²) in [5, 5.41) is 31.7. The molecular weight excluding hydrogens is 355 g/mol. The van der Waals surface area contributed by atoms with Gasteiger partial charge in [-0.05, 0) is 55.7 Å². The molecule has 9 atom stereocenters. The van der Waals surface area contributed by atoms with Crippen LogP contribution in [-0.2, 0) is 9.53 Å². The fourth-order valence-corrected chi connectivity index (χ4v) is 7.23. The first-order valence-electron chi connectivity index (χ1n) is 10.9.